The Morgan fingerprint density at radius 3 is 2.39 bits per heavy atom. The molecule has 7 rings (SSSR count). The molecule has 0 aromatic heterocycles. The van der Waals surface area contributed by atoms with Crippen molar-refractivity contribution in [2.24, 2.45) is 11.3 Å². The predicted octanol–water partition coefficient (Wildman–Crippen LogP) is 7.13. The van der Waals surface area contributed by atoms with Gasteiger partial charge in [0.1, 0.15) is 0 Å². The van der Waals surface area contributed by atoms with Crippen molar-refractivity contribution in [1.82, 2.24) is 4.90 Å². The van der Waals surface area contributed by atoms with E-state index in [4.69, 9.17) is 8.92 Å². The van der Waals surface area contributed by atoms with Crippen LogP contribution in [0, 0.1) is 18.3 Å². The number of hydrogen-bond donors (Lipinski definition) is 1. The minimum Gasteiger partial charge on any atom is -0.466 e. The summed E-state index contributed by atoms with van der Waals surface area (Å²) in [4.78, 5) is 16.4. The number of carbonyl (C=O) groups is 1. The van der Waals surface area contributed by atoms with Crippen molar-refractivity contribution in [3.63, 3.8) is 0 Å². The minimum atomic E-state index is -3.91. The highest BCUT2D eigenvalue weighted by Crippen LogP contribution is 2.61. The van der Waals surface area contributed by atoms with Crippen molar-refractivity contribution in [2.45, 2.75) is 81.2 Å². The van der Waals surface area contributed by atoms with Crippen LogP contribution in [0.15, 0.2) is 95.0 Å². The van der Waals surface area contributed by atoms with Crippen molar-refractivity contribution in [3.8, 4) is 0 Å². The predicted molar refractivity (Wildman–Crippen MR) is 179 cm³/mol. The van der Waals surface area contributed by atoms with Crippen LogP contribution in [0.25, 0.3) is 0 Å². The summed E-state index contributed by atoms with van der Waals surface area (Å²) >= 11 is 0. The minimum absolute atomic E-state index is 0.0980. The van der Waals surface area contributed by atoms with E-state index in [1.165, 1.54) is 18.2 Å². The number of carbonyl (C=O) groups excluding carboxylic acids is 1. The van der Waals surface area contributed by atoms with Gasteiger partial charge in [-0.15, -0.1) is 0 Å². The Bertz CT molecular complexity index is 1730. The lowest BCUT2D eigenvalue weighted by atomic mass is 9.59. The van der Waals surface area contributed by atoms with E-state index in [2.05, 4.69) is 58.7 Å². The maximum atomic E-state index is 13.5. The highest BCUT2D eigenvalue weighted by Gasteiger charge is 2.61. The molecule has 3 aromatic carbocycles. The van der Waals surface area contributed by atoms with Crippen LogP contribution in [0.3, 0.4) is 0 Å². The second-order valence-electron chi connectivity index (χ2n) is 13.9. The van der Waals surface area contributed by atoms with Gasteiger partial charge in [0.2, 0.25) is 0 Å². The molecule has 2 aliphatic heterocycles. The second-order valence-corrected chi connectivity index (χ2v) is 15.5. The number of methoxy groups -OCH3 is 1. The molecule has 46 heavy (non-hydrogen) atoms. The van der Waals surface area contributed by atoms with E-state index in [1.54, 1.807) is 24.3 Å². The fourth-order valence-corrected chi connectivity index (χ4v) is 10.1. The van der Waals surface area contributed by atoms with Crippen LogP contribution in [0.1, 0.15) is 68.1 Å². The van der Waals surface area contributed by atoms with Crippen LogP contribution in [0.5, 0.6) is 0 Å². The summed E-state index contributed by atoms with van der Waals surface area (Å²) in [6.07, 6.45) is 7.29. The maximum Gasteiger partial charge on any atom is 0.335 e. The molecule has 3 atom stereocenters. The number of benzene rings is 3. The van der Waals surface area contributed by atoms with E-state index in [-0.39, 0.29) is 40.3 Å². The van der Waals surface area contributed by atoms with E-state index in [9.17, 15) is 13.2 Å². The van der Waals surface area contributed by atoms with Gasteiger partial charge in [-0.05, 0) is 79.7 Å². The van der Waals surface area contributed by atoms with Crippen LogP contribution >= 0.6 is 0 Å². The molecule has 0 unspecified atom stereocenters. The van der Waals surface area contributed by atoms with E-state index in [1.807, 2.05) is 13.0 Å². The molecule has 7 nitrogen and oxygen atoms in total. The molecule has 4 aliphatic rings. The van der Waals surface area contributed by atoms with E-state index in [0.717, 1.165) is 80.6 Å². The Balaban J connectivity index is 1.28. The summed E-state index contributed by atoms with van der Waals surface area (Å²) in [6.45, 7) is 3.81. The largest absolute Gasteiger partial charge is 0.466 e. The molecule has 3 aromatic rings. The van der Waals surface area contributed by atoms with Gasteiger partial charge in [0.25, 0.3) is 10.1 Å². The molecule has 1 saturated carbocycles. The van der Waals surface area contributed by atoms with Crippen LogP contribution < -0.4 is 5.32 Å². The summed E-state index contributed by atoms with van der Waals surface area (Å²) < 4.78 is 38.2. The number of hydrogen-bond acceptors (Lipinski definition) is 7. The van der Waals surface area contributed by atoms with Gasteiger partial charge < -0.3 is 10.1 Å². The SMILES string of the molecule is COC(=O)C1=C2Nc3ccccc3[C@]23CCN(Cc2ccccc2)[C@@H]3[C@@H](CC2(COS(=O)(=O)c3ccc(C)cc3)CCCCC2)C1. The zero-order valence-corrected chi connectivity index (χ0v) is 27.7. The van der Waals surface area contributed by atoms with Gasteiger partial charge in [-0.25, -0.2) is 4.79 Å². The third-order valence-electron chi connectivity index (χ3n) is 11.1. The third-order valence-corrected chi connectivity index (χ3v) is 12.4. The first kappa shape index (κ1) is 31.2. The van der Waals surface area contributed by atoms with Crippen molar-refractivity contribution >= 4 is 21.8 Å². The lowest BCUT2D eigenvalue weighted by Gasteiger charge is -2.49. The fourth-order valence-electron chi connectivity index (χ4n) is 9.10. The van der Waals surface area contributed by atoms with Gasteiger partial charge in [-0.3, -0.25) is 9.08 Å². The van der Waals surface area contributed by atoms with Crippen LogP contribution in [-0.2, 0) is 35.8 Å². The van der Waals surface area contributed by atoms with Gasteiger partial charge in [0.05, 0.1) is 29.6 Å². The number of nitrogens with one attached hydrogen (secondary N) is 1. The number of ether oxygens (including phenoxy) is 1. The Morgan fingerprint density at radius 2 is 1.65 bits per heavy atom. The summed E-state index contributed by atoms with van der Waals surface area (Å²) in [5.41, 5.74) is 5.60. The number of anilines is 1. The number of rotatable bonds is 9. The summed E-state index contributed by atoms with van der Waals surface area (Å²) in [7, 11) is -2.45. The molecule has 2 heterocycles. The number of para-hydroxylation sites is 1. The smallest absolute Gasteiger partial charge is 0.335 e. The third kappa shape index (κ3) is 5.48. The Morgan fingerprint density at radius 1 is 0.935 bits per heavy atom. The number of esters is 1. The van der Waals surface area contributed by atoms with E-state index < -0.39 is 10.1 Å². The van der Waals surface area contributed by atoms with Crippen molar-refractivity contribution < 1.29 is 22.1 Å². The molecule has 0 amide bonds. The first-order chi connectivity index (χ1) is 22.2. The molecule has 1 saturated heterocycles. The lowest BCUT2D eigenvalue weighted by Crippen LogP contribution is -2.53. The van der Waals surface area contributed by atoms with Gasteiger partial charge in [-0.2, -0.15) is 8.42 Å². The molecular formula is C38H44N2O5S. The number of aryl methyl sites for hydroxylation is 1. The molecule has 242 valence electrons. The van der Waals surface area contributed by atoms with Gasteiger partial charge >= 0.3 is 5.97 Å². The monoisotopic (exact) mass is 640 g/mol. The van der Waals surface area contributed by atoms with Crippen molar-refractivity contribution in [3.05, 3.63) is 107 Å². The summed E-state index contributed by atoms with van der Waals surface area (Å²) in [5.74, 6) is -0.184. The van der Waals surface area contributed by atoms with E-state index in [0.29, 0.717) is 6.42 Å². The molecule has 2 aliphatic carbocycles. The summed E-state index contributed by atoms with van der Waals surface area (Å²) in [5, 5.41) is 3.70. The van der Waals surface area contributed by atoms with Crippen LogP contribution in [0.4, 0.5) is 5.69 Å². The van der Waals surface area contributed by atoms with E-state index >= 15 is 0 Å². The lowest BCUT2D eigenvalue weighted by molar-refractivity contribution is -0.136. The van der Waals surface area contributed by atoms with Gasteiger partial charge in [0, 0.05) is 30.5 Å². The second kappa shape index (κ2) is 12.3. The molecule has 0 bridgehead atoms. The molecular weight excluding hydrogens is 596 g/mol. The van der Waals surface area contributed by atoms with Crippen molar-refractivity contribution in [2.75, 3.05) is 25.6 Å². The van der Waals surface area contributed by atoms with Crippen molar-refractivity contribution in [1.29, 1.82) is 0 Å². The average Bonchev–Trinajstić information content (AvgIpc) is 3.62. The van der Waals surface area contributed by atoms with Gasteiger partial charge in [0.15, 0.2) is 0 Å². The molecule has 8 heteroatoms. The van der Waals surface area contributed by atoms with Gasteiger partial charge in [-0.1, -0.05) is 85.5 Å². The molecule has 1 spiro atoms. The Hall–Kier alpha value is -3.46. The number of nitrogens with zero attached hydrogens (tertiary/aromatic N) is 1. The topological polar surface area (TPSA) is 84.9 Å². The first-order valence-corrected chi connectivity index (χ1v) is 18.1. The average molecular weight is 641 g/mol. The summed E-state index contributed by atoms with van der Waals surface area (Å²) in [6, 6.07) is 26.1. The highest BCUT2D eigenvalue weighted by atomic mass is 32.2. The Labute approximate surface area is 273 Å². The quantitative estimate of drug-likeness (QED) is 0.197. The molecule has 2 fully saturated rings. The number of fused-ring (bicyclic) bond motifs is 1. The zero-order chi connectivity index (χ0) is 31.9. The highest BCUT2D eigenvalue weighted by molar-refractivity contribution is 7.86. The first-order valence-electron chi connectivity index (χ1n) is 16.7. The number of likely N-dealkylation sites (tertiary alicyclic amines) is 1. The normalized spacial score (nSPS) is 25.3. The maximum absolute atomic E-state index is 13.5. The van der Waals surface area contributed by atoms with Crippen LogP contribution in [0.2, 0.25) is 0 Å². The fraction of sp³-hybridized carbons (Fsp3) is 0.447. The molecule has 1 N–H and O–H groups in total. The zero-order valence-electron chi connectivity index (χ0n) is 26.8. The Kier molecular flexibility index (Phi) is 8.32. The molecule has 0 radical (unpaired) electrons. The standard InChI is InChI=1S/C38H44N2O5S/c1-27-15-17-30(18-16-27)46(42,43)45-26-37(19-9-4-10-20-37)24-29-23-31(36(41)44-2)34-38(32-13-7-8-14-33(32)39-34)21-22-40(35(29)38)25-28-11-5-3-6-12-28/h3,5-8,11-18,29,35,39H,4,9-10,19-26H2,1-2H3/t29-,35-,38-/m1/s1. The van der Waals surface area contributed by atoms with Crippen LogP contribution in [-0.4, -0.2) is 45.6 Å².